The highest BCUT2D eigenvalue weighted by Crippen LogP contribution is 2.33. The van der Waals surface area contributed by atoms with Crippen LogP contribution in [-0.4, -0.2) is 29.5 Å². The van der Waals surface area contributed by atoms with Gasteiger partial charge in [0.2, 0.25) is 0 Å². The molecule has 2 rings (SSSR count). The number of ether oxygens (including phenoxy) is 1. The Kier molecular flexibility index (Phi) is 5.78. The highest BCUT2D eigenvalue weighted by Gasteiger charge is 2.27. The summed E-state index contributed by atoms with van der Waals surface area (Å²) in [7, 11) is 1.06. The van der Waals surface area contributed by atoms with Crippen LogP contribution < -0.4 is 5.32 Å². The molecule has 26 heavy (non-hydrogen) atoms. The molecule has 2 aromatic rings. The normalized spacial score (nSPS) is 10.2. The highest BCUT2D eigenvalue weighted by molar-refractivity contribution is 5.99. The lowest BCUT2D eigenvalue weighted by molar-refractivity contribution is -0.393. The van der Waals surface area contributed by atoms with Crippen LogP contribution in [0.3, 0.4) is 0 Å². The quantitative estimate of drug-likeness (QED) is 0.455. The van der Waals surface area contributed by atoms with Crippen LogP contribution in [0.5, 0.6) is 0 Å². The zero-order chi connectivity index (χ0) is 19.3. The van der Waals surface area contributed by atoms with Gasteiger partial charge in [-0.1, -0.05) is 12.1 Å². The van der Waals surface area contributed by atoms with E-state index in [-0.39, 0.29) is 17.8 Å². The van der Waals surface area contributed by atoms with Crippen LogP contribution in [0.2, 0.25) is 0 Å². The summed E-state index contributed by atoms with van der Waals surface area (Å²) in [5.74, 6) is -1.37. The van der Waals surface area contributed by atoms with Gasteiger partial charge in [-0.15, -0.1) is 0 Å². The van der Waals surface area contributed by atoms with Gasteiger partial charge in [0.1, 0.15) is 11.5 Å². The first-order valence-electron chi connectivity index (χ1n) is 7.37. The summed E-state index contributed by atoms with van der Waals surface area (Å²) in [6.45, 7) is 0.131. The molecule has 0 spiro atoms. The van der Waals surface area contributed by atoms with Gasteiger partial charge in [-0.2, -0.15) is 0 Å². The van der Waals surface area contributed by atoms with E-state index in [0.29, 0.717) is 12.0 Å². The Labute approximate surface area is 146 Å². The number of nitro groups is 2. The molecule has 0 radical (unpaired) electrons. The summed E-state index contributed by atoms with van der Waals surface area (Å²) >= 11 is 0. The zero-order valence-electron chi connectivity index (χ0n) is 13.6. The van der Waals surface area contributed by atoms with Crippen LogP contribution in [0.25, 0.3) is 0 Å². The van der Waals surface area contributed by atoms with Crippen LogP contribution in [0, 0.1) is 26.0 Å². The minimum Gasteiger partial charge on any atom is -0.465 e. The summed E-state index contributed by atoms with van der Waals surface area (Å²) in [6, 6.07) is 7.47. The largest absolute Gasteiger partial charge is 0.465 e. The molecule has 0 amide bonds. The number of non-ortho nitro benzene ring substituents is 1. The van der Waals surface area contributed by atoms with Crippen molar-refractivity contribution in [3.8, 4) is 0 Å². The van der Waals surface area contributed by atoms with Crippen LogP contribution in [0.15, 0.2) is 36.4 Å². The zero-order valence-corrected chi connectivity index (χ0v) is 13.6. The first-order chi connectivity index (χ1) is 12.3. The third-order valence-electron chi connectivity index (χ3n) is 3.52. The number of anilines is 1. The second-order valence-corrected chi connectivity index (χ2v) is 5.20. The van der Waals surface area contributed by atoms with E-state index in [2.05, 4.69) is 10.1 Å². The van der Waals surface area contributed by atoms with Crippen molar-refractivity contribution in [1.82, 2.24) is 0 Å². The van der Waals surface area contributed by atoms with E-state index in [0.717, 1.165) is 19.2 Å². The third-order valence-corrected chi connectivity index (χ3v) is 3.52. The Bertz CT molecular complexity index is 871. The number of hydrogen-bond acceptors (Lipinski definition) is 7. The Morgan fingerprint density at radius 2 is 1.92 bits per heavy atom. The van der Waals surface area contributed by atoms with Crippen LogP contribution >= 0.6 is 0 Å². The van der Waals surface area contributed by atoms with Gasteiger partial charge in [0.25, 0.3) is 11.4 Å². The average molecular weight is 363 g/mol. The molecule has 0 aliphatic heterocycles. The summed E-state index contributed by atoms with van der Waals surface area (Å²) in [5.41, 5.74) is -1.11. The number of benzene rings is 2. The van der Waals surface area contributed by atoms with E-state index in [4.69, 9.17) is 0 Å². The first-order valence-corrected chi connectivity index (χ1v) is 7.37. The summed E-state index contributed by atoms with van der Waals surface area (Å²) in [4.78, 5) is 32.5. The van der Waals surface area contributed by atoms with Crippen molar-refractivity contribution in [2.24, 2.45) is 0 Å². The molecule has 0 atom stereocenters. The number of nitrogens with zero attached hydrogens (tertiary/aromatic N) is 2. The van der Waals surface area contributed by atoms with Gasteiger partial charge in [0, 0.05) is 12.6 Å². The summed E-state index contributed by atoms with van der Waals surface area (Å²) < 4.78 is 17.7. The molecule has 0 aromatic heterocycles. The molecule has 2 aromatic carbocycles. The highest BCUT2D eigenvalue weighted by atomic mass is 19.1. The minimum absolute atomic E-state index is 0.131. The molecule has 0 saturated heterocycles. The number of nitro benzene ring substituents is 2. The number of carbonyl (C=O) groups is 1. The van der Waals surface area contributed by atoms with E-state index >= 15 is 0 Å². The monoisotopic (exact) mass is 363 g/mol. The van der Waals surface area contributed by atoms with Gasteiger partial charge in [0.15, 0.2) is 0 Å². The number of esters is 1. The molecular weight excluding hydrogens is 349 g/mol. The van der Waals surface area contributed by atoms with Crippen molar-refractivity contribution in [3.05, 3.63) is 73.6 Å². The molecular formula is C16H14FN3O6. The van der Waals surface area contributed by atoms with Crippen molar-refractivity contribution < 1.29 is 23.8 Å². The van der Waals surface area contributed by atoms with Gasteiger partial charge in [0.05, 0.1) is 28.6 Å². The molecule has 136 valence electrons. The first kappa shape index (κ1) is 18.8. The maximum Gasteiger partial charge on any atom is 0.340 e. The maximum absolute atomic E-state index is 13.2. The SMILES string of the molecule is COC(=O)c1cc([N+](=O)[O-])cc([N+](=O)[O-])c1NCCc1cccc(F)c1. The lowest BCUT2D eigenvalue weighted by Crippen LogP contribution is -2.13. The standard InChI is InChI=1S/C16H14FN3O6/c1-26-16(21)13-8-12(19(22)23)9-14(20(24)25)15(13)18-6-5-10-3-2-4-11(17)7-10/h2-4,7-9,18H,5-6H2,1H3. The van der Waals surface area contributed by atoms with E-state index < -0.39 is 33.0 Å². The second kappa shape index (κ2) is 8.01. The van der Waals surface area contributed by atoms with Crippen LogP contribution in [0.4, 0.5) is 21.5 Å². The Morgan fingerprint density at radius 3 is 2.50 bits per heavy atom. The van der Waals surface area contributed by atoms with Crippen molar-refractivity contribution >= 4 is 23.0 Å². The number of hydrogen-bond donors (Lipinski definition) is 1. The van der Waals surface area contributed by atoms with Gasteiger partial charge in [-0.3, -0.25) is 20.2 Å². The van der Waals surface area contributed by atoms with Gasteiger partial charge < -0.3 is 10.1 Å². The Hall–Kier alpha value is -3.56. The van der Waals surface area contributed by atoms with E-state index in [1.807, 2.05) is 0 Å². The Balaban J connectivity index is 2.36. The fraction of sp³-hybridized carbons (Fsp3) is 0.188. The number of carbonyl (C=O) groups excluding carboxylic acids is 1. The van der Waals surface area contributed by atoms with Gasteiger partial charge in [-0.25, -0.2) is 9.18 Å². The molecule has 0 bridgehead atoms. The van der Waals surface area contributed by atoms with Crippen molar-refractivity contribution in [1.29, 1.82) is 0 Å². The van der Waals surface area contributed by atoms with Crippen LogP contribution in [-0.2, 0) is 11.2 Å². The summed E-state index contributed by atoms with van der Waals surface area (Å²) in [5, 5.41) is 25.0. The molecule has 0 aliphatic carbocycles. The minimum atomic E-state index is -0.954. The summed E-state index contributed by atoms with van der Waals surface area (Å²) in [6.07, 6.45) is 0.312. The van der Waals surface area contributed by atoms with E-state index in [1.165, 1.54) is 18.2 Å². The second-order valence-electron chi connectivity index (χ2n) is 5.20. The number of rotatable bonds is 7. The number of halogens is 1. The van der Waals surface area contributed by atoms with Crippen molar-refractivity contribution in [2.45, 2.75) is 6.42 Å². The number of nitrogens with one attached hydrogen (secondary N) is 1. The fourth-order valence-corrected chi connectivity index (χ4v) is 2.34. The molecule has 10 heteroatoms. The van der Waals surface area contributed by atoms with E-state index in [9.17, 15) is 29.4 Å². The topological polar surface area (TPSA) is 125 Å². The van der Waals surface area contributed by atoms with E-state index in [1.54, 1.807) is 6.07 Å². The molecule has 9 nitrogen and oxygen atoms in total. The lowest BCUT2D eigenvalue weighted by Gasteiger charge is -2.11. The predicted molar refractivity (Wildman–Crippen MR) is 89.7 cm³/mol. The van der Waals surface area contributed by atoms with Gasteiger partial charge >= 0.3 is 5.97 Å². The molecule has 1 N–H and O–H groups in total. The Morgan fingerprint density at radius 1 is 1.19 bits per heavy atom. The number of methoxy groups -OCH3 is 1. The van der Waals surface area contributed by atoms with Crippen LogP contribution in [0.1, 0.15) is 15.9 Å². The molecule has 0 aliphatic rings. The lowest BCUT2D eigenvalue weighted by atomic mass is 10.1. The fourth-order valence-electron chi connectivity index (χ4n) is 2.34. The maximum atomic E-state index is 13.2. The van der Waals surface area contributed by atoms with Gasteiger partial charge in [-0.05, 0) is 24.1 Å². The molecule has 0 saturated carbocycles. The molecule has 0 unspecified atom stereocenters. The smallest absolute Gasteiger partial charge is 0.340 e. The molecule has 0 heterocycles. The third kappa shape index (κ3) is 4.29. The average Bonchev–Trinajstić information content (AvgIpc) is 2.60. The van der Waals surface area contributed by atoms with Crippen molar-refractivity contribution in [3.63, 3.8) is 0 Å². The van der Waals surface area contributed by atoms with Crippen molar-refractivity contribution in [2.75, 3.05) is 19.0 Å². The molecule has 0 fully saturated rings. The predicted octanol–water partition coefficient (Wildman–Crippen LogP) is 3.08.